The van der Waals surface area contributed by atoms with E-state index in [0.29, 0.717) is 11.5 Å². The zero-order valence-electron chi connectivity index (χ0n) is 17.8. The third-order valence-electron chi connectivity index (χ3n) is 6.48. The Morgan fingerprint density at radius 1 is 1.27 bits per heavy atom. The van der Waals surface area contributed by atoms with E-state index in [-0.39, 0.29) is 5.41 Å². The zero-order chi connectivity index (χ0) is 21.7. The lowest BCUT2D eigenvalue weighted by molar-refractivity contribution is 0.0696. The molecule has 0 bridgehead atoms. The molecule has 0 spiro atoms. The fourth-order valence-corrected chi connectivity index (χ4v) is 4.30. The predicted octanol–water partition coefficient (Wildman–Crippen LogP) is 5.41. The van der Waals surface area contributed by atoms with Crippen LogP contribution >= 0.6 is 0 Å². The molecule has 1 aliphatic heterocycles. The zero-order valence-corrected chi connectivity index (χ0v) is 17.8. The molecule has 1 aliphatic rings. The molecule has 2 atom stereocenters. The van der Waals surface area contributed by atoms with E-state index in [0.717, 1.165) is 42.8 Å². The molecule has 156 valence electrons. The van der Waals surface area contributed by atoms with Gasteiger partial charge < -0.3 is 5.11 Å². The van der Waals surface area contributed by atoms with Crippen LogP contribution in [-0.4, -0.2) is 35.8 Å². The van der Waals surface area contributed by atoms with E-state index in [1.807, 2.05) is 12.1 Å². The lowest BCUT2D eigenvalue weighted by Crippen LogP contribution is -2.47. The minimum absolute atomic E-state index is 0.0207. The number of carboxylic acids is 1. The summed E-state index contributed by atoms with van der Waals surface area (Å²) in [5.74, 6) is -0.448. The molecule has 0 aliphatic carbocycles. The van der Waals surface area contributed by atoms with E-state index in [2.05, 4.69) is 67.4 Å². The van der Waals surface area contributed by atoms with Crippen LogP contribution in [0.5, 0.6) is 0 Å². The fraction of sp³-hybridized carbons (Fsp3) is 0.308. The molecular weight excluding hydrogens is 372 g/mol. The number of aromatic carboxylic acids is 1. The molecule has 1 fully saturated rings. The summed E-state index contributed by atoms with van der Waals surface area (Å²) in [4.78, 5) is 17.7. The number of hydrogen-bond acceptors (Lipinski definition) is 3. The van der Waals surface area contributed by atoms with Crippen molar-refractivity contribution in [2.24, 2.45) is 10.9 Å². The van der Waals surface area contributed by atoms with E-state index in [1.165, 1.54) is 5.56 Å². The van der Waals surface area contributed by atoms with Gasteiger partial charge in [-0.3, -0.25) is 9.89 Å². The molecule has 0 aromatic heterocycles. The molecular formula is C26H30N2O2. The number of aliphatic imine (C=N–C) groups is 1. The molecule has 2 aromatic carbocycles. The van der Waals surface area contributed by atoms with Crippen LogP contribution in [0.15, 0.2) is 72.4 Å². The van der Waals surface area contributed by atoms with Gasteiger partial charge in [-0.15, -0.1) is 0 Å². The molecule has 3 rings (SSSR count). The van der Waals surface area contributed by atoms with Gasteiger partial charge in [-0.05, 0) is 65.4 Å². The number of piperidine rings is 1. The molecule has 0 saturated carbocycles. The summed E-state index contributed by atoms with van der Waals surface area (Å²) in [7, 11) is 0. The second kappa shape index (κ2) is 9.23. The van der Waals surface area contributed by atoms with Crippen molar-refractivity contribution in [2.75, 3.05) is 13.1 Å². The topological polar surface area (TPSA) is 52.9 Å². The molecule has 4 nitrogen and oxygen atoms in total. The summed E-state index contributed by atoms with van der Waals surface area (Å²) in [5, 5.41) is 9.34. The van der Waals surface area contributed by atoms with E-state index in [4.69, 9.17) is 0 Å². The molecule has 2 aromatic rings. The Labute approximate surface area is 179 Å². The highest BCUT2D eigenvalue weighted by molar-refractivity contribution is 5.87. The highest BCUT2D eigenvalue weighted by Crippen LogP contribution is 2.40. The molecule has 4 heteroatoms. The first-order valence-electron chi connectivity index (χ1n) is 10.3. The van der Waals surface area contributed by atoms with Crippen molar-refractivity contribution >= 4 is 18.3 Å². The molecule has 1 unspecified atom stereocenters. The van der Waals surface area contributed by atoms with Crippen molar-refractivity contribution in [1.29, 1.82) is 0 Å². The second-order valence-corrected chi connectivity index (χ2v) is 8.36. The predicted molar refractivity (Wildman–Crippen MR) is 124 cm³/mol. The summed E-state index contributed by atoms with van der Waals surface area (Å²) in [5.41, 5.74) is 4.79. The molecule has 1 heterocycles. The number of nitrogens with zero attached hydrogens (tertiary/aromatic N) is 2. The lowest BCUT2D eigenvalue weighted by Gasteiger charge is -2.45. The van der Waals surface area contributed by atoms with Crippen molar-refractivity contribution in [3.05, 3.63) is 89.6 Å². The van der Waals surface area contributed by atoms with Crippen LogP contribution in [0.25, 0.3) is 5.57 Å². The van der Waals surface area contributed by atoms with Crippen LogP contribution in [0.2, 0.25) is 0 Å². The quantitative estimate of drug-likeness (QED) is 0.497. The molecule has 30 heavy (non-hydrogen) atoms. The maximum absolute atomic E-state index is 11.4. The molecule has 0 amide bonds. The minimum atomic E-state index is -0.868. The normalized spacial score (nSPS) is 22.5. The first kappa shape index (κ1) is 21.7. The van der Waals surface area contributed by atoms with Gasteiger partial charge in [0.25, 0.3) is 0 Å². The van der Waals surface area contributed by atoms with Crippen LogP contribution < -0.4 is 0 Å². The van der Waals surface area contributed by atoms with Crippen molar-refractivity contribution in [3.63, 3.8) is 0 Å². The Balaban J connectivity index is 1.69. The Kier molecular flexibility index (Phi) is 6.68. The van der Waals surface area contributed by atoms with Crippen molar-refractivity contribution in [2.45, 2.75) is 32.2 Å². The standard InChI is InChI=1S/C26H30N2O2/c1-5-21(16-27-4)22-11-9-20(10-12-22)18-28-14-13-26(3,19(2)17-28)24-8-6-7-23(15-24)25(29)30/h5-12,15-16,19H,1,4,13-14,17-18H2,2-3H3,(H,29,30)/b21-16+/t19?,26-/m1/s1. The summed E-state index contributed by atoms with van der Waals surface area (Å²) < 4.78 is 0. The van der Waals surface area contributed by atoms with Crippen LogP contribution in [0.4, 0.5) is 0 Å². The summed E-state index contributed by atoms with van der Waals surface area (Å²) in [6.07, 6.45) is 4.51. The largest absolute Gasteiger partial charge is 0.478 e. The SMILES string of the molecule is C=C/C(=C\N=C)c1ccc(CN2CC[C@@](C)(c3cccc(C(=O)O)c3)C(C)C2)cc1. The Morgan fingerprint density at radius 2 is 2.00 bits per heavy atom. The average Bonchev–Trinajstić information content (AvgIpc) is 2.75. The van der Waals surface area contributed by atoms with Gasteiger partial charge in [-0.1, -0.05) is 62.9 Å². The molecule has 1 N–H and O–H groups in total. The lowest BCUT2D eigenvalue weighted by atomic mass is 9.68. The third kappa shape index (κ3) is 4.60. The van der Waals surface area contributed by atoms with Gasteiger partial charge in [0, 0.05) is 19.3 Å². The Hall–Kier alpha value is -2.98. The van der Waals surface area contributed by atoms with Crippen LogP contribution in [-0.2, 0) is 12.0 Å². The number of benzene rings is 2. The van der Waals surface area contributed by atoms with Gasteiger partial charge in [-0.2, -0.15) is 0 Å². The maximum Gasteiger partial charge on any atom is 0.335 e. The van der Waals surface area contributed by atoms with Gasteiger partial charge >= 0.3 is 5.97 Å². The van der Waals surface area contributed by atoms with Crippen LogP contribution in [0.3, 0.4) is 0 Å². The van der Waals surface area contributed by atoms with Gasteiger partial charge in [0.1, 0.15) is 0 Å². The van der Waals surface area contributed by atoms with Crippen molar-refractivity contribution in [1.82, 2.24) is 4.90 Å². The van der Waals surface area contributed by atoms with Gasteiger partial charge in [-0.25, -0.2) is 4.79 Å². The van der Waals surface area contributed by atoms with Crippen molar-refractivity contribution < 1.29 is 9.90 Å². The minimum Gasteiger partial charge on any atom is -0.478 e. The number of allylic oxidation sites excluding steroid dienone is 2. The first-order chi connectivity index (χ1) is 14.4. The number of rotatable bonds is 7. The number of hydrogen-bond donors (Lipinski definition) is 1. The maximum atomic E-state index is 11.4. The monoisotopic (exact) mass is 402 g/mol. The van der Waals surface area contributed by atoms with Crippen LogP contribution in [0.1, 0.15) is 47.3 Å². The third-order valence-corrected chi connectivity index (χ3v) is 6.48. The highest BCUT2D eigenvalue weighted by atomic mass is 16.4. The summed E-state index contributed by atoms with van der Waals surface area (Å²) in [6, 6.07) is 16.0. The first-order valence-corrected chi connectivity index (χ1v) is 10.3. The van der Waals surface area contributed by atoms with Crippen molar-refractivity contribution in [3.8, 4) is 0 Å². The molecule has 1 saturated heterocycles. The van der Waals surface area contributed by atoms with E-state index in [9.17, 15) is 9.90 Å². The van der Waals surface area contributed by atoms with E-state index < -0.39 is 5.97 Å². The average molecular weight is 403 g/mol. The Bertz CT molecular complexity index is 961. The molecule has 0 radical (unpaired) electrons. The second-order valence-electron chi connectivity index (χ2n) is 8.36. The number of likely N-dealkylation sites (tertiary alicyclic amines) is 1. The van der Waals surface area contributed by atoms with Gasteiger partial charge in [0.05, 0.1) is 5.56 Å². The number of carbonyl (C=O) groups is 1. The highest BCUT2D eigenvalue weighted by Gasteiger charge is 2.38. The summed E-state index contributed by atoms with van der Waals surface area (Å²) in [6.45, 7) is 14.8. The van der Waals surface area contributed by atoms with Gasteiger partial charge in [0.15, 0.2) is 0 Å². The van der Waals surface area contributed by atoms with E-state index >= 15 is 0 Å². The fourth-order valence-electron chi connectivity index (χ4n) is 4.30. The Morgan fingerprint density at radius 3 is 2.60 bits per heavy atom. The van der Waals surface area contributed by atoms with Gasteiger partial charge in [0.2, 0.25) is 0 Å². The van der Waals surface area contributed by atoms with Crippen LogP contribution in [0, 0.1) is 5.92 Å². The smallest absolute Gasteiger partial charge is 0.335 e. The van der Waals surface area contributed by atoms with E-state index in [1.54, 1.807) is 18.3 Å². The summed E-state index contributed by atoms with van der Waals surface area (Å²) >= 11 is 0. The number of carboxylic acid groups (broad SMARTS) is 1.